The van der Waals surface area contributed by atoms with Crippen LogP contribution in [0.1, 0.15) is 18.5 Å². The van der Waals surface area contributed by atoms with Crippen LogP contribution in [-0.2, 0) is 0 Å². The van der Waals surface area contributed by atoms with Gasteiger partial charge in [-0.15, -0.1) is 0 Å². The number of aromatic nitrogens is 1. The van der Waals surface area contributed by atoms with E-state index in [2.05, 4.69) is 0 Å². The lowest BCUT2D eigenvalue weighted by Gasteiger charge is -2.20. The van der Waals surface area contributed by atoms with Crippen LogP contribution in [0, 0.1) is 0 Å². The van der Waals surface area contributed by atoms with Gasteiger partial charge in [-0.3, -0.25) is 4.79 Å². The minimum atomic E-state index is -0.134. The number of hydrogen-bond donors (Lipinski definition) is 1. The molecule has 17 heavy (non-hydrogen) atoms. The van der Waals surface area contributed by atoms with Crippen molar-refractivity contribution < 1.29 is 0 Å². The number of nitrogens with zero attached hydrogens (tertiary/aromatic N) is 2. The van der Waals surface area contributed by atoms with E-state index in [0.717, 1.165) is 16.5 Å². The van der Waals surface area contributed by atoms with Crippen molar-refractivity contribution in [3.05, 3.63) is 46.2 Å². The van der Waals surface area contributed by atoms with Gasteiger partial charge >= 0.3 is 0 Å². The Bertz CT molecular complexity index is 601. The molecule has 0 fully saturated rings. The monoisotopic (exact) mass is 231 g/mol. The molecule has 0 aliphatic heterocycles. The predicted octanol–water partition coefficient (Wildman–Crippen LogP) is 1.34. The molecule has 1 heterocycles. The van der Waals surface area contributed by atoms with Crippen LogP contribution in [0.3, 0.4) is 0 Å². The summed E-state index contributed by atoms with van der Waals surface area (Å²) in [6.45, 7) is 1.99. The molecule has 2 aromatic rings. The molecular weight excluding hydrogens is 214 g/mol. The number of benzene rings is 1. The van der Waals surface area contributed by atoms with E-state index < -0.39 is 0 Å². The van der Waals surface area contributed by atoms with Crippen molar-refractivity contribution in [2.75, 3.05) is 19.9 Å². The van der Waals surface area contributed by atoms with Crippen molar-refractivity contribution in [3.63, 3.8) is 0 Å². The molecule has 90 valence electrons. The lowest BCUT2D eigenvalue weighted by atomic mass is 10.1. The summed E-state index contributed by atoms with van der Waals surface area (Å²) in [6.07, 6.45) is 0. The Morgan fingerprint density at radius 3 is 2.59 bits per heavy atom. The zero-order valence-corrected chi connectivity index (χ0v) is 10.3. The first kappa shape index (κ1) is 11.7. The Morgan fingerprint density at radius 2 is 1.94 bits per heavy atom. The molecule has 0 aliphatic rings. The molecule has 4 heteroatoms. The summed E-state index contributed by atoms with van der Waals surface area (Å²) in [5.74, 6) is 5.84. The third-order valence-electron chi connectivity index (χ3n) is 3.20. The molecule has 1 aromatic carbocycles. The van der Waals surface area contributed by atoms with Crippen LogP contribution in [0.5, 0.6) is 0 Å². The fourth-order valence-electron chi connectivity index (χ4n) is 1.88. The van der Waals surface area contributed by atoms with Crippen molar-refractivity contribution >= 4 is 10.9 Å². The summed E-state index contributed by atoms with van der Waals surface area (Å²) in [4.78, 5) is 14.1. The van der Waals surface area contributed by atoms with Crippen molar-refractivity contribution in [3.8, 4) is 0 Å². The molecular formula is C13H17N3O. The lowest BCUT2D eigenvalue weighted by Crippen LogP contribution is -2.33. The maximum absolute atomic E-state index is 12.1. The quantitative estimate of drug-likeness (QED) is 0.793. The molecule has 1 unspecified atom stereocenters. The highest BCUT2D eigenvalue weighted by molar-refractivity contribution is 5.79. The highest BCUT2D eigenvalue weighted by atomic mass is 16.1. The van der Waals surface area contributed by atoms with Crippen LogP contribution >= 0.6 is 0 Å². The van der Waals surface area contributed by atoms with E-state index >= 15 is 0 Å². The predicted molar refractivity (Wildman–Crippen MR) is 70.5 cm³/mol. The zero-order chi connectivity index (χ0) is 12.6. The Hall–Kier alpha value is -1.81. The van der Waals surface area contributed by atoms with Gasteiger partial charge in [0.05, 0.1) is 5.52 Å². The Kier molecular flexibility index (Phi) is 2.90. The topological polar surface area (TPSA) is 51.3 Å². The van der Waals surface area contributed by atoms with E-state index in [-0.39, 0.29) is 11.6 Å². The molecule has 2 rings (SSSR count). The number of rotatable bonds is 2. The van der Waals surface area contributed by atoms with E-state index in [1.165, 1.54) is 4.68 Å². The Balaban J connectivity index is 2.74. The molecule has 0 saturated carbocycles. The Morgan fingerprint density at radius 1 is 1.29 bits per heavy atom. The maximum Gasteiger partial charge on any atom is 0.273 e. The van der Waals surface area contributed by atoms with E-state index in [4.69, 9.17) is 5.84 Å². The normalized spacial score (nSPS) is 13.2. The van der Waals surface area contributed by atoms with Crippen LogP contribution in [0.4, 0.5) is 0 Å². The second kappa shape index (κ2) is 4.22. The summed E-state index contributed by atoms with van der Waals surface area (Å²) >= 11 is 0. The maximum atomic E-state index is 12.1. The zero-order valence-electron chi connectivity index (χ0n) is 10.3. The summed E-state index contributed by atoms with van der Waals surface area (Å²) < 4.78 is 1.23. The van der Waals surface area contributed by atoms with Crippen LogP contribution in [-0.4, -0.2) is 23.7 Å². The van der Waals surface area contributed by atoms with Gasteiger partial charge in [0.25, 0.3) is 5.56 Å². The van der Waals surface area contributed by atoms with Crippen molar-refractivity contribution in [1.29, 1.82) is 0 Å². The number of fused-ring (bicyclic) bond motifs is 1. The van der Waals surface area contributed by atoms with Crippen molar-refractivity contribution in [1.82, 2.24) is 9.58 Å². The summed E-state index contributed by atoms with van der Waals surface area (Å²) in [5.41, 5.74) is 1.34. The number of nitrogens with two attached hydrogens (primary N) is 1. The third kappa shape index (κ3) is 1.91. The summed E-state index contributed by atoms with van der Waals surface area (Å²) in [7, 11) is 3.89. The van der Waals surface area contributed by atoms with Crippen LogP contribution in [0.25, 0.3) is 10.9 Å². The van der Waals surface area contributed by atoms with Crippen molar-refractivity contribution in [2.24, 2.45) is 0 Å². The van der Waals surface area contributed by atoms with E-state index in [1.807, 2.05) is 56.3 Å². The first-order valence-corrected chi connectivity index (χ1v) is 5.58. The molecule has 0 bridgehead atoms. The smallest absolute Gasteiger partial charge is 0.273 e. The van der Waals surface area contributed by atoms with E-state index in [9.17, 15) is 4.79 Å². The number of pyridine rings is 1. The molecule has 0 aliphatic carbocycles. The van der Waals surface area contributed by atoms with Gasteiger partial charge in [0, 0.05) is 17.0 Å². The van der Waals surface area contributed by atoms with Gasteiger partial charge in [-0.25, -0.2) is 4.68 Å². The summed E-state index contributed by atoms with van der Waals surface area (Å²) in [6, 6.07) is 9.59. The van der Waals surface area contributed by atoms with E-state index in [1.54, 1.807) is 0 Å². The molecule has 0 amide bonds. The molecule has 0 spiro atoms. The van der Waals surface area contributed by atoms with Gasteiger partial charge in [0.15, 0.2) is 0 Å². The van der Waals surface area contributed by atoms with Gasteiger partial charge in [0.1, 0.15) is 0 Å². The van der Waals surface area contributed by atoms with Gasteiger partial charge in [0.2, 0.25) is 0 Å². The number of nitrogen functional groups attached to an aromatic ring is 1. The molecule has 4 nitrogen and oxygen atoms in total. The van der Waals surface area contributed by atoms with Gasteiger partial charge in [-0.05, 0) is 33.2 Å². The second-order valence-corrected chi connectivity index (χ2v) is 4.47. The molecule has 0 saturated heterocycles. The molecule has 0 radical (unpaired) electrons. The van der Waals surface area contributed by atoms with Crippen LogP contribution < -0.4 is 11.4 Å². The molecule has 1 atom stereocenters. The van der Waals surface area contributed by atoms with Gasteiger partial charge < -0.3 is 10.7 Å². The SMILES string of the molecule is CC(c1cc2ccccc2n(N)c1=O)N(C)C. The standard InChI is InChI=1S/C13H17N3O/c1-9(15(2)3)11-8-10-6-4-5-7-12(10)16(14)13(11)17/h4-9H,14H2,1-3H3. The molecule has 2 N–H and O–H groups in total. The van der Waals surface area contributed by atoms with Gasteiger partial charge in [-0.1, -0.05) is 18.2 Å². The molecule has 1 aromatic heterocycles. The first-order chi connectivity index (χ1) is 8.02. The van der Waals surface area contributed by atoms with Crippen molar-refractivity contribution in [2.45, 2.75) is 13.0 Å². The third-order valence-corrected chi connectivity index (χ3v) is 3.20. The second-order valence-electron chi connectivity index (χ2n) is 4.47. The first-order valence-electron chi connectivity index (χ1n) is 5.58. The van der Waals surface area contributed by atoms with E-state index in [0.29, 0.717) is 0 Å². The minimum absolute atomic E-state index is 0.0434. The highest BCUT2D eigenvalue weighted by Gasteiger charge is 2.14. The average Bonchev–Trinajstić information content (AvgIpc) is 2.33. The largest absolute Gasteiger partial charge is 0.336 e. The average molecular weight is 231 g/mol. The number of hydrogen-bond acceptors (Lipinski definition) is 3. The van der Waals surface area contributed by atoms with Gasteiger partial charge in [-0.2, -0.15) is 0 Å². The highest BCUT2D eigenvalue weighted by Crippen LogP contribution is 2.18. The Labute approximate surface area is 100 Å². The summed E-state index contributed by atoms with van der Waals surface area (Å²) in [5, 5.41) is 0.985. The fourth-order valence-corrected chi connectivity index (χ4v) is 1.88. The lowest BCUT2D eigenvalue weighted by molar-refractivity contribution is 0.318. The fraction of sp³-hybridized carbons (Fsp3) is 0.308. The van der Waals surface area contributed by atoms with Crippen LogP contribution in [0.15, 0.2) is 35.1 Å². The number of para-hydroxylation sites is 1. The minimum Gasteiger partial charge on any atom is -0.336 e. The van der Waals surface area contributed by atoms with Crippen LogP contribution in [0.2, 0.25) is 0 Å².